The lowest BCUT2D eigenvalue weighted by molar-refractivity contribution is -0.116. The van der Waals surface area contributed by atoms with Crippen LogP contribution in [0, 0.1) is 0 Å². The Morgan fingerprint density at radius 3 is 2.15 bits per heavy atom. The minimum absolute atomic E-state index is 0.00568. The number of carbonyl (C=O) groups excluding carboxylic acids is 2. The number of amides is 2. The van der Waals surface area contributed by atoms with Gasteiger partial charge in [0, 0.05) is 23.6 Å². The highest BCUT2D eigenvalue weighted by molar-refractivity contribution is 5.99. The summed E-state index contributed by atoms with van der Waals surface area (Å²) in [6.07, 6.45) is 5.93. The fourth-order valence-electron chi connectivity index (χ4n) is 3.78. The zero-order chi connectivity index (χ0) is 25.5. The first-order chi connectivity index (χ1) is 15.9. The van der Waals surface area contributed by atoms with Gasteiger partial charge in [-0.3, -0.25) is 9.59 Å². The third kappa shape index (κ3) is 7.71. The van der Waals surface area contributed by atoms with E-state index in [1.807, 2.05) is 41.9 Å². The molecule has 1 aromatic carbocycles. The number of aryl methyl sites for hydroxylation is 1. The molecular weight excluding hydrogens is 424 g/mol. The quantitative estimate of drug-likeness (QED) is 0.425. The largest absolute Gasteiger partial charge is 0.330 e. The van der Waals surface area contributed by atoms with E-state index >= 15 is 0 Å². The van der Waals surface area contributed by atoms with Crippen molar-refractivity contribution < 1.29 is 9.59 Å². The molecule has 188 valence electrons. The number of hydrogen-bond donors (Lipinski definition) is 1. The van der Waals surface area contributed by atoms with Crippen LogP contribution in [0.4, 0.5) is 5.82 Å². The van der Waals surface area contributed by atoms with Gasteiger partial charge < -0.3 is 10.2 Å². The van der Waals surface area contributed by atoms with E-state index in [0.29, 0.717) is 17.9 Å². The van der Waals surface area contributed by atoms with Crippen molar-refractivity contribution in [1.29, 1.82) is 0 Å². The van der Waals surface area contributed by atoms with Crippen LogP contribution in [0.25, 0.3) is 0 Å². The molecule has 6 nitrogen and oxygen atoms in total. The van der Waals surface area contributed by atoms with E-state index < -0.39 is 0 Å². The molecule has 0 unspecified atom stereocenters. The summed E-state index contributed by atoms with van der Waals surface area (Å²) in [5, 5.41) is 7.74. The van der Waals surface area contributed by atoms with Crippen LogP contribution in [0.15, 0.2) is 30.3 Å². The first-order valence-electron chi connectivity index (χ1n) is 12.7. The molecule has 0 saturated heterocycles. The van der Waals surface area contributed by atoms with Gasteiger partial charge in [0.25, 0.3) is 5.91 Å². The molecule has 0 atom stereocenters. The third-order valence-corrected chi connectivity index (χ3v) is 5.90. The van der Waals surface area contributed by atoms with Gasteiger partial charge >= 0.3 is 0 Å². The normalized spacial score (nSPS) is 12.0. The van der Waals surface area contributed by atoms with Crippen LogP contribution in [0.1, 0.15) is 103 Å². The molecule has 0 aliphatic rings. The van der Waals surface area contributed by atoms with Crippen molar-refractivity contribution in [3.63, 3.8) is 0 Å². The number of hydrogen-bond acceptors (Lipinski definition) is 3. The Balaban J connectivity index is 2.07. The fraction of sp³-hybridized carbons (Fsp3) is 0.607. The minimum atomic E-state index is -0.287. The Labute approximate surface area is 206 Å². The lowest BCUT2D eigenvalue weighted by atomic mass is 9.92. The van der Waals surface area contributed by atoms with Crippen molar-refractivity contribution in [3.8, 4) is 0 Å². The van der Waals surface area contributed by atoms with Gasteiger partial charge in [0.05, 0.1) is 11.2 Å². The monoisotopic (exact) mass is 468 g/mol. The molecule has 1 heterocycles. The van der Waals surface area contributed by atoms with Crippen LogP contribution in [0.2, 0.25) is 0 Å². The molecule has 6 heteroatoms. The maximum atomic E-state index is 13.1. The predicted molar refractivity (Wildman–Crippen MR) is 140 cm³/mol. The first-order valence-corrected chi connectivity index (χ1v) is 12.7. The van der Waals surface area contributed by atoms with E-state index in [-0.39, 0.29) is 29.3 Å². The Kier molecular flexibility index (Phi) is 9.48. The number of nitrogens with one attached hydrogen (secondary N) is 1. The van der Waals surface area contributed by atoms with Gasteiger partial charge in [0.1, 0.15) is 12.4 Å². The number of rotatable bonds is 10. The molecule has 0 radical (unpaired) electrons. The van der Waals surface area contributed by atoms with Gasteiger partial charge in [-0.25, -0.2) is 4.68 Å². The molecule has 0 fully saturated rings. The molecule has 2 rings (SSSR count). The van der Waals surface area contributed by atoms with E-state index in [0.717, 1.165) is 12.1 Å². The Morgan fingerprint density at radius 1 is 0.971 bits per heavy atom. The second-order valence-corrected chi connectivity index (χ2v) is 11.1. The molecule has 1 N–H and O–H groups in total. The predicted octanol–water partition coefficient (Wildman–Crippen LogP) is 6.16. The Morgan fingerprint density at radius 2 is 1.62 bits per heavy atom. The first kappa shape index (κ1) is 27.6. The average Bonchev–Trinajstić information content (AvgIpc) is 3.20. The van der Waals surface area contributed by atoms with Gasteiger partial charge in [-0.1, -0.05) is 59.1 Å². The maximum absolute atomic E-state index is 13.1. The number of anilines is 1. The van der Waals surface area contributed by atoms with Gasteiger partial charge in [-0.15, -0.1) is 0 Å². The molecule has 0 bridgehead atoms. The zero-order valence-electron chi connectivity index (χ0n) is 22.5. The topological polar surface area (TPSA) is 67.2 Å². The van der Waals surface area contributed by atoms with Gasteiger partial charge in [-0.2, -0.15) is 5.10 Å². The van der Waals surface area contributed by atoms with E-state index in [2.05, 4.69) is 53.8 Å². The summed E-state index contributed by atoms with van der Waals surface area (Å²) in [5.41, 5.74) is 2.35. The van der Waals surface area contributed by atoms with Crippen LogP contribution < -0.4 is 5.32 Å². The summed E-state index contributed by atoms with van der Waals surface area (Å²) in [4.78, 5) is 27.6. The van der Waals surface area contributed by atoms with E-state index in [1.54, 1.807) is 4.90 Å². The second-order valence-electron chi connectivity index (χ2n) is 11.1. The number of benzene rings is 1. The highest BCUT2D eigenvalue weighted by atomic mass is 16.2. The SMILES string of the molecule is CCCCCCc1ccc(C(=O)N(CC)CC(=O)Nc2cc(C(C)(C)C)nn2C(C)(C)C)cc1. The Hall–Kier alpha value is -2.63. The van der Waals surface area contributed by atoms with E-state index in [9.17, 15) is 9.59 Å². The smallest absolute Gasteiger partial charge is 0.254 e. The average molecular weight is 469 g/mol. The highest BCUT2D eigenvalue weighted by Gasteiger charge is 2.26. The molecular formula is C28H44N4O2. The van der Waals surface area contributed by atoms with E-state index in [1.165, 1.54) is 31.2 Å². The number of aromatic nitrogens is 2. The highest BCUT2D eigenvalue weighted by Crippen LogP contribution is 2.28. The lowest BCUT2D eigenvalue weighted by Crippen LogP contribution is -2.38. The van der Waals surface area contributed by atoms with Crippen LogP contribution in [-0.2, 0) is 22.2 Å². The second kappa shape index (κ2) is 11.7. The molecule has 1 aromatic heterocycles. The third-order valence-electron chi connectivity index (χ3n) is 5.90. The molecule has 2 amide bonds. The molecule has 0 spiro atoms. The molecule has 0 aliphatic heterocycles. The number of unbranched alkanes of at least 4 members (excludes halogenated alkanes) is 3. The number of likely N-dealkylation sites (N-methyl/N-ethyl adjacent to an activating group) is 1. The van der Waals surface area contributed by atoms with Crippen molar-refractivity contribution >= 4 is 17.6 Å². The zero-order valence-corrected chi connectivity index (χ0v) is 22.5. The van der Waals surface area contributed by atoms with Crippen molar-refractivity contribution in [3.05, 3.63) is 47.2 Å². The van der Waals surface area contributed by atoms with Gasteiger partial charge in [0.15, 0.2) is 0 Å². The molecule has 0 aliphatic carbocycles. The summed E-state index contributed by atoms with van der Waals surface area (Å²) in [5.74, 6) is 0.293. The van der Waals surface area contributed by atoms with Crippen molar-refractivity contribution in [1.82, 2.24) is 14.7 Å². The number of nitrogens with zero attached hydrogens (tertiary/aromatic N) is 3. The standard InChI is InChI=1S/C28H44N4O2/c1-9-11-12-13-14-21-15-17-22(18-16-21)26(34)31(10-2)20-25(33)29-24-19-23(27(3,4)5)30-32(24)28(6,7)8/h15-19H,9-14,20H2,1-8H3,(H,29,33). The Bertz CT molecular complexity index is 946. The summed E-state index contributed by atoms with van der Waals surface area (Å²) >= 11 is 0. The van der Waals surface area contributed by atoms with Gasteiger partial charge in [-0.05, 0) is 58.2 Å². The van der Waals surface area contributed by atoms with Crippen LogP contribution in [-0.4, -0.2) is 39.6 Å². The lowest BCUT2D eigenvalue weighted by Gasteiger charge is -2.24. The van der Waals surface area contributed by atoms with Crippen LogP contribution in [0.3, 0.4) is 0 Å². The molecule has 0 saturated carbocycles. The van der Waals surface area contributed by atoms with Gasteiger partial charge in [0.2, 0.25) is 5.91 Å². The number of carbonyl (C=O) groups is 2. The van der Waals surface area contributed by atoms with Crippen molar-refractivity contribution in [2.24, 2.45) is 0 Å². The van der Waals surface area contributed by atoms with E-state index in [4.69, 9.17) is 5.10 Å². The van der Waals surface area contributed by atoms with Crippen LogP contribution in [0.5, 0.6) is 0 Å². The minimum Gasteiger partial charge on any atom is -0.330 e. The van der Waals surface area contributed by atoms with Crippen molar-refractivity contribution in [2.75, 3.05) is 18.4 Å². The maximum Gasteiger partial charge on any atom is 0.254 e. The molecule has 2 aromatic rings. The summed E-state index contributed by atoms with van der Waals surface area (Å²) in [6.45, 7) is 17.0. The molecule has 34 heavy (non-hydrogen) atoms. The summed E-state index contributed by atoms with van der Waals surface area (Å²) < 4.78 is 1.85. The van der Waals surface area contributed by atoms with Crippen molar-refractivity contribution in [2.45, 2.75) is 98.4 Å². The summed E-state index contributed by atoms with van der Waals surface area (Å²) in [7, 11) is 0. The van der Waals surface area contributed by atoms with Crippen LogP contribution >= 0.6 is 0 Å². The fourth-order valence-corrected chi connectivity index (χ4v) is 3.78. The summed E-state index contributed by atoms with van der Waals surface area (Å²) in [6, 6.07) is 9.75.